The zero-order valence-electron chi connectivity index (χ0n) is 7.34. The van der Waals surface area contributed by atoms with Crippen LogP contribution in [0.25, 0.3) is 0 Å². The van der Waals surface area contributed by atoms with Crippen LogP contribution < -0.4 is 5.73 Å². The molecule has 0 bridgehead atoms. The molecule has 0 saturated heterocycles. The number of hydrogen-bond donors (Lipinski definition) is 2. The first-order chi connectivity index (χ1) is 5.90. The van der Waals surface area contributed by atoms with E-state index >= 15 is 0 Å². The molecule has 2 heteroatoms. The molecule has 66 valence electrons. The summed E-state index contributed by atoms with van der Waals surface area (Å²) in [6.45, 7) is 0.838. The van der Waals surface area contributed by atoms with Crippen LogP contribution in [0.2, 0.25) is 0 Å². The van der Waals surface area contributed by atoms with Crippen LogP contribution in [-0.4, -0.2) is 11.5 Å². The van der Waals surface area contributed by atoms with Crippen molar-refractivity contribution in [2.75, 3.05) is 6.54 Å². The van der Waals surface area contributed by atoms with E-state index in [0.29, 0.717) is 0 Å². The Kier molecular flexibility index (Phi) is 2.17. The molecule has 2 nitrogen and oxygen atoms in total. The number of aromatic nitrogens is 1. The second-order valence-electron chi connectivity index (χ2n) is 3.67. The van der Waals surface area contributed by atoms with Gasteiger partial charge in [0.05, 0.1) is 0 Å². The molecule has 3 N–H and O–H groups in total. The van der Waals surface area contributed by atoms with Gasteiger partial charge in [-0.05, 0) is 49.8 Å². The van der Waals surface area contributed by atoms with Crippen molar-refractivity contribution in [3.05, 3.63) is 23.5 Å². The molecule has 0 amide bonds. The van der Waals surface area contributed by atoms with E-state index in [1.165, 1.54) is 36.9 Å². The molecule has 1 unspecified atom stereocenters. The zero-order valence-corrected chi connectivity index (χ0v) is 7.34. The average Bonchev–Trinajstić information content (AvgIpc) is 2.51. The molecule has 12 heavy (non-hydrogen) atoms. The molecule has 0 aromatic carbocycles. The first-order valence-electron chi connectivity index (χ1n) is 4.75. The molecular weight excluding hydrogens is 148 g/mol. The summed E-state index contributed by atoms with van der Waals surface area (Å²) in [4.78, 5) is 3.29. The second-order valence-corrected chi connectivity index (χ2v) is 3.67. The van der Waals surface area contributed by atoms with Gasteiger partial charge in [-0.2, -0.15) is 0 Å². The van der Waals surface area contributed by atoms with Crippen LogP contribution in [0.1, 0.15) is 24.1 Å². The molecule has 0 spiro atoms. The minimum Gasteiger partial charge on any atom is -0.365 e. The van der Waals surface area contributed by atoms with Crippen LogP contribution in [0.15, 0.2) is 12.3 Å². The summed E-state index contributed by atoms with van der Waals surface area (Å²) in [5.41, 5.74) is 8.51. The molecule has 1 heterocycles. The maximum atomic E-state index is 5.55. The minimum absolute atomic E-state index is 0.832. The summed E-state index contributed by atoms with van der Waals surface area (Å²) in [6.07, 6.45) is 6.99. The molecule has 0 fully saturated rings. The topological polar surface area (TPSA) is 41.8 Å². The summed E-state index contributed by atoms with van der Waals surface area (Å²) < 4.78 is 0. The first-order valence-corrected chi connectivity index (χ1v) is 4.75. The molecule has 0 saturated carbocycles. The summed E-state index contributed by atoms with van der Waals surface area (Å²) >= 11 is 0. The highest BCUT2D eigenvalue weighted by Gasteiger charge is 2.17. The fraction of sp³-hybridized carbons (Fsp3) is 0.600. The number of hydrogen-bond acceptors (Lipinski definition) is 1. The van der Waals surface area contributed by atoms with Gasteiger partial charge in [-0.1, -0.05) is 0 Å². The Balaban J connectivity index is 2.05. The van der Waals surface area contributed by atoms with Crippen molar-refractivity contribution >= 4 is 0 Å². The number of rotatable bonds is 2. The van der Waals surface area contributed by atoms with Gasteiger partial charge < -0.3 is 10.7 Å². The highest BCUT2D eigenvalue weighted by molar-refractivity contribution is 5.23. The smallest absolute Gasteiger partial charge is 0.0179 e. The lowest BCUT2D eigenvalue weighted by Crippen LogP contribution is -2.16. The number of nitrogens with two attached hydrogens (primary N) is 1. The quantitative estimate of drug-likeness (QED) is 0.683. The monoisotopic (exact) mass is 164 g/mol. The predicted molar refractivity (Wildman–Crippen MR) is 50.0 cm³/mol. The highest BCUT2D eigenvalue weighted by Crippen LogP contribution is 2.25. The van der Waals surface area contributed by atoms with Crippen molar-refractivity contribution in [1.82, 2.24) is 4.98 Å². The van der Waals surface area contributed by atoms with Crippen LogP contribution in [0.4, 0.5) is 0 Å². The molecule has 2 rings (SSSR count). The first kappa shape index (κ1) is 7.87. The van der Waals surface area contributed by atoms with Crippen molar-refractivity contribution in [1.29, 1.82) is 0 Å². The molecule has 1 aromatic heterocycles. The number of H-pyrrole nitrogens is 1. The Morgan fingerprint density at radius 1 is 1.58 bits per heavy atom. The van der Waals surface area contributed by atoms with Crippen LogP contribution in [0.5, 0.6) is 0 Å². The van der Waals surface area contributed by atoms with Crippen molar-refractivity contribution < 1.29 is 0 Å². The second kappa shape index (κ2) is 3.31. The maximum absolute atomic E-state index is 5.55. The molecule has 0 aliphatic heterocycles. The Morgan fingerprint density at radius 3 is 3.33 bits per heavy atom. The number of aryl methyl sites for hydroxylation is 1. The lowest BCUT2D eigenvalue weighted by Gasteiger charge is -2.21. The van der Waals surface area contributed by atoms with E-state index in [1.54, 1.807) is 0 Å². The third-order valence-electron chi connectivity index (χ3n) is 2.82. The van der Waals surface area contributed by atoms with Crippen molar-refractivity contribution in [2.24, 2.45) is 11.7 Å². The van der Waals surface area contributed by atoms with E-state index < -0.39 is 0 Å². The maximum Gasteiger partial charge on any atom is 0.0179 e. The van der Waals surface area contributed by atoms with Crippen LogP contribution >= 0.6 is 0 Å². The molecule has 1 aromatic rings. The number of nitrogens with one attached hydrogen (secondary N) is 1. The Morgan fingerprint density at radius 2 is 2.50 bits per heavy atom. The molecule has 1 aliphatic carbocycles. The largest absolute Gasteiger partial charge is 0.365 e. The van der Waals surface area contributed by atoms with E-state index in [4.69, 9.17) is 5.73 Å². The van der Waals surface area contributed by atoms with E-state index in [0.717, 1.165) is 12.5 Å². The van der Waals surface area contributed by atoms with Gasteiger partial charge in [0.1, 0.15) is 0 Å². The summed E-state index contributed by atoms with van der Waals surface area (Å²) in [5.74, 6) is 0.832. The normalized spacial score (nSPS) is 22.2. The fourth-order valence-electron chi connectivity index (χ4n) is 2.10. The molecule has 0 radical (unpaired) electrons. The number of aromatic amines is 1. The summed E-state index contributed by atoms with van der Waals surface area (Å²) in [6, 6.07) is 2.21. The van der Waals surface area contributed by atoms with E-state index in [1.807, 2.05) is 0 Å². The van der Waals surface area contributed by atoms with Gasteiger partial charge in [0.2, 0.25) is 0 Å². The highest BCUT2D eigenvalue weighted by atomic mass is 14.7. The van der Waals surface area contributed by atoms with Gasteiger partial charge >= 0.3 is 0 Å². The third-order valence-corrected chi connectivity index (χ3v) is 2.82. The predicted octanol–water partition coefficient (Wildman–Crippen LogP) is 1.47. The van der Waals surface area contributed by atoms with Gasteiger partial charge in [-0.3, -0.25) is 0 Å². The average molecular weight is 164 g/mol. The zero-order chi connectivity index (χ0) is 8.39. The van der Waals surface area contributed by atoms with Gasteiger partial charge in [0.15, 0.2) is 0 Å². The lowest BCUT2D eigenvalue weighted by atomic mass is 9.86. The van der Waals surface area contributed by atoms with Crippen molar-refractivity contribution in [2.45, 2.75) is 25.7 Å². The van der Waals surface area contributed by atoms with E-state index in [9.17, 15) is 0 Å². The third kappa shape index (κ3) is 1.39. The number of fused-ring (bicyclic) bond motifs is 1. The summed E-state index contributed by atoms with van der Waals surface area (Å²) in [7, 11) is 0. The molecule has 1 aliphatic rings. The van der Waals surface area contributed by atoms with Crippen molar-refractivity contribution in [3.8, 4) is 0 Å². The van der Waals surface area contributed by atoms with Gasteiger partial charge in [0.25, 0.3) is 0 Å². The Hall–Kier alpha value is -0.760. The minimum atomic E-state index is 0.832. The Bertz CT molecular complexity index is 252. The van der Waals surface area contributed by atoms with E-state index in [2.05, 4.69) is 17.2 Å². The van der Waals surface area contributed by atoms with Crippen LogP contribution in [-0.2, 0) is 12.8 Å². The fourth-order valence-corrected chi connectivity index (χ4v) is 2.10. The van der Waals surface area contributed by atoms with Crippen LogP contribution in [0, 0.1) is 5.92 Å². The lowest BCUT2D eigenvalue weighted by molar-refractivity contribution is 0.431. The SMILES string of the molecule is NCCC1CCc2[nH]ccc2C1. The van der Waals surface area contributed by atoms with Gasteiger partial charge in [0, 0.05) is 11.9 Å². The van der Waals surface area contributed by atoms with Crippen LogP contribution in [0.3, 0.4) is 0 Å². The van der Waals surface area contributed by atoms with E-state index in [-0.39, 0.29) is 0 Å². The van der Waals surface area contributed by atoms with Crippen molar-refractivity contribution in [3.63, 3.8) is 0 Å². The summed E-state index contributed by atoms with van der Waals surface area (Å²) in [5, 5.41) is 0. The Labute approximate surface area is 73.2 Å². The molecular formula is C10H16N2. The van der Waals surface area contributed by atoms with Gasteiger partial charge in [-0.15, -0.1) is 0 Å². The van der Waals surface area contributed by atoms with Gasteiger partial charge in [-0.25, -0.2) is 0 Å². The molecule has 1 atom stereocenters. The standard InChI is InChI=1S/C10H16N2/c11-5-3-8-1-2-10-9(7-8)4-6-12-10/h4,6,8,12H,1-3,5,7,11H2.